The summed E-state index contributed by atoms with van der Waals surface area (Å²) in [5, 5.41) is 11.5. The van der Waals surface area contributed by atoms with Crippen molar-refractivity contribution in [2.75, 3.05) is 5.33 Å². The van der Waals surface area contributed by atoms with Crippen molar-refractivity contribution in [3.8, 4) is 6.07 Å². The van der Waals surface area contributed by atoms with Crippen molar-refractivity contribution in [1.82, 2.24) is 0 Å². The Morgan fingerprint density at radius 1 is 1.25 bits per heavy atom. The first-order chi connectivity index (χ1) is 7.74. The van der Waals surface area contributed by atoms with Crippen LogP contribution in [0.4, 0.5) is 4.39 Å². The number of nitriles is 1. The zero-order chi connectivity index (χ0) is 11.5. The number of hydrogen-bond donors (Lipinski definition) is 0. The first kappa shape index (κ1) is 11.1. The van der Waals surface area contributed by atoms with Crippen LogP contribution in [0.5, 0.6) is 0 Å². The Bertz CT molecular complexity index is 572. The van der Waals surface area contributed by atoms with E-state index in [4.69, 9.17) is 5.26 Å². The van der Waals surface area contributed by atoms with Gasteiger partial charge in [-0.3, -0.25) is 0 Å². The highest BCUT2D eigenvalue weighted by atomic mass is 79.9. The van der Waals surface area contributed by atoms with Crippen LogP contribution in [0.25, 0.3) is 10.8 Å². The number of aryl methyl sites for hydroxylation is 1. The summed E-state index contributed by atoms with van der Waals surface area (Å²) < 4.78 is 13.2. The maximum atomic E-state index is 13.2. The Labute approximate surface area is 102 Å². The van der Waals surface area contributed by atoms with Crippen LogP contribution < -0.4 is 0 Å². The molecule has 0 N–H and O–H groups in total. The zero-order valence-corrected chi connectivity index (χ0v) is 10.1. The van der Waals surface area contributed by atoms with Crippen LogP contribution in [0, 0.1) is 17.1 Å². The molecular formula is C13H9BrFN. The third-order valence-electron chi connectivity index (χ3n) is 2.49. The van der Waals surface area contributed by atoms with Gasteiger partial charge in [-0.25, -0.2) is 4.39 Å². The summed E-state index contributed by atoms with van der Waals surface area (Å²) >= 11 is 3.36. The maximum absolute atomic E-state index is 13.2. The average Bonchev–Trinajstić information content (AvgIpc) is 2.30. The van der Waals surface area contributed by atoms with Crippen molar-refractivity contribution in [3.05, 3.63) is 47.3 Å². The molecule has 0 aromatic heterocycles. The lowest BCUT2D eigenvalue weighted by molar-refractivity contribution is 0.629. The monoisotopic (exact) mass is 277 g/mol. The lowest BCUT2D eigenvalue weighted by Crippen LogP contribution is -1.91. The largest absolute Gasteiger partial charge is 0.207 e. The summed E-state index contributed by atoms with van der Waals surface area (Å²) in [5.41, 5.74) is 1.63. The second kappa shape index (κ2) is 4.63. The third-order valence-corrected chi connectivity index (χ3v) is 2.89. The average molecular weight is 278 g/mol. The van der Waals surface area contributed by atoms with Gasteiger partial charge in [0.25, 0.3) is 0 Å². The normalized spacial score (nSPS) is 10.3. The highest BCUT2D eigenvalue weighted by Gasteiger charge is 2.05. The number of hydrogen-bond acceptors (Lipinski definition) is 1. The molecule has 0 radical (unpaired) electrons. The fourth-order valence-corrected chi connectivity index (χ4v) is 2.21. The van der Waals surface area contributed by atoms with Crippen LogP contribution in [0.1, 0.15) is 11.1 Å². The van der Waals surface area contributed by atoms with Crippen LogP contribution in [-0.2, 0) is 6.42 Å². The minimum atomic E-state index is -0.243. The van der Waals surface area contributed by atoms with Gasteiger partial charge in [-0.05, 0) is 47.0 Å². The van der Waals surface area contributed by atoms with Gasteiger partial charge >= 0.3 is 0 Å². The van der Waals surface area contributed by atoms with Crippen LogP contribution in [0.3, 0.4) is 0 Å². The predicted molar refractivity (Wildman–Crippen MR) is 66.1 cm³/mol. The van der Waals surface area contributed by atoms with Crippen LogP contribution in [-0.4, -0.2) is 5.33 Å². The first-order valence-corrected chi connectivity index (χ1v) is 6.05. The van der Waals surface area contributed by atoms with E-state index < -0.39 is 0 Å². The minimum absolute atomic E-state index is 0.243. The summed E-state index contributed by atoms with van der Waals surface area (Å²) in [5.74, 6) is -0.243. The van der Waals surface area contributed by atoms with Gasteiger partial charge in [-0.1, -0.05) is 22.0 Å². The molecule has 80 valence electrons. The molecule has 3 heteroatoms. The smallest absolute Gasteiger partial charge is 0.123 e. The molecule has 0 aliphatic heterocycles. The Kier molecular flexibility index (Phi) is 3.21. The zero-order valence-electron chi connectivity index (χ0n) is 8.50. The Morgan fingerprint density at radius 3 is 2.75 bits per heavy atom. The van der Waals surface area contributed by atoms with E-state index in [1.807, 2.05) is 6.07 Å². The summed E-state index contributed by atoms with van der Waals surface area (Å²) in [6.07, 6.45) is 0.787. The molecule has 2 rings (SSSR count). The lowest BCUT2D eigenvalue weighted by atomic mass is 9.99. The molecule has 0 spiro atoms. The topological polar surface area (TPSA) is 23.8 Å². The number of rotatable bonds is 2. The van der Waals surface area contributed by atoms with E-state index in [0.717, 1.165) is 28.1 Å². The van der Waals surface area contributed by atoms with E-state index in [0.29, 0.717) is 5.56 Å². The van der Waals surface area contributed by atoms with E-state index in [1.54, 1.807) is 12.1 Å². The van der Waals surface area contributed by atoms with Crippen molar-refractivity contribution >= 4 is 26.7 Å². The molecule has 16 heavy (non-hydrogen) atoms. The molecule has 2 aromatic carbocycles. The Balaban J connectivity index is 2.73. The SMILES string of the molecule is N#Cc1cc(CCBr)c2cc(F)ccc2c1. The fourth-order valence-electron chi connectivity index (χ4n) is 1.78. The first-order valence-electron chi connectivity index (χ1n) is 4.93. The number of halogens is 2. The van der Waals surface area contributed by atoms with Crippen molar-refractivity contribution < 1.29 is 4.39 Å². The van der Waals surface area contributed by atoms with Gasteiger partial charge in [0.1, 0.15) is 5.82 Å². The van der Waals surface area contributed by atoms with Crippen molar-refractivity contribution in [2.24, 2.45) is 0 Å². The second-order valence-electron chi connectivity index (χ2n) is 3.55. The van der Waals surface area contributed by atoms with Crippen molar-refractivity contribution in [1.29, 1.82) is 5.26 Å². The predicted octanol–water partition coefficient (Wildman–Crippen LogP) is 3.79. The maximum Gasteiger partial charge on any atom is 0.123 e. The molecule has 0 heterocycles. The standard InChI is InChI=1S/C13H9BrFN/c14-4-3-11-6-9(8-16)5-10-1-2-12(15)7-13(10)11/h1-2,5-7H,3-4H2. The summed E-state index contributed by atoms with van der Waals surface area (Å²) in [7, 11) is 0. The fraction of sp³-hybridized carbons (Fsp3) is 0.154. The molecule has 0 unspecified atom stereocenters. The van der Waals surface area contributed by atoms with E-state index >= 15 is 0 Å². The Hall–Kier alpha value is -1.40. The number of nitrogens with zero attached hydrogens (tertiary/aromatic N) is 1. The van der Waals surface area contributed by atoms with E-state index in [2.05, 4.69) is 22.0 Å². The molecule has 0 amide bonds. The second-order valence-corrected chi connectivity index (χ2v) is 4.34. The molecule has 0 atom stereocenters. The molecule has 0 saturated heterocycles. The molecule has 0 bridgehead atoms. The molecule has 0 saturated carbocycles. The van der Waals surface area contributed by atoms with Gasteiger partial charge in [0.05, 0.1) is 11.6 Å². The van der Waals surface area contributed by atoms with Crippen LogP contribution >= 0.6 is 15.9 Å². The summed E-state index contributed by atoms with van der Waals surface area (Å²) in [4.78, 5) is 0. The Morgan fingerprint density at radius 2 is 2.06 bits per heavy atom. The quantitative estimate of drug-likeness (QED) is 0.767. The van der Waals surface area contributed by atoms with Gasteiger partial charge in [-0.15, -0.1) is 0 Å². The van der Waals surface area contributed by atoms with Crippen LogP contribution in [0.15, 0.2) is 30.3 Å². The van der Waals surface area contributed by atoms with Gasteiger partial charge in [-0.2, -0.15) is 5.26 Å². The molecule has 2 aromatic rings. The van der Waals surface area contributed by atoms with Crippen molar-refractivity contribution in [3.63, 3.8) is 0 Å². The van der Waals surface area contributed by atoms with E-state index in [-0.39, 0.29) is 5.82 Å². The van der Waals surface area contributed by atoms with E-state index in [1.165, 1.54) is 12.1 Å². The van der Waals surface area contributed by atoms with Crippen LogP contribution in [0.2, 0.25) is 0 Å². The third kappa shape index (κ3) is 2.07. The number of alkyl halides is 1. The van der Waals surface area contributed by atoms with Crippen molar-refractivity contribution in [2.45, 2.75) is 6.42 Å². The molecular weight excluding hydrogens is 269 g/mol. The van der Waals surface area contributed by atoms with Gasteiger partial charge < -0.3 is 0 Å². The molecule has 0 aliphatic rings. The lowest BCUT2D eigenvalue weighted by Gasteiger charge is -2.06. The van der Waals surface area contributed by atoms with Gasteiger partial charge in [0, 0.05) is 5.33 Å². The molecule has 0 fully saturated rings. The van der Waals surface area contributed by atoms with E-state index in [9.17, 15) is 4.39 Å². The van der Waals surface area contributed by atoms with Gasteiger partial charge in [0.15, 0.2) is 0 Å². The highest BCUT2D eigenvalue weighted by Crippen LogP contribution is 2.23. The molecule has 0 aliphatic carbocycles. The summed E-state index contributed by atoms with van der Waals surface area (Å²) in [6.45, 7) is 0. The number of benzene rings is 2. The molecule has 1 nitrogen and oxygen atoms in total. The number of fused-ring (bicyclic) bond motifs is 1. The summed E-state index contributed by atoms with van der Waals surface area (Å²) in [6, 6.07) is 10.4. The minimum Gasteiger partial charge on any atom is -0.207 e. The van der Waals surface area contributed by atoms with Gasteiger partial charge in [0.2, 0.25) is 0 Å². The highest BCUT2D eigenvalue weighted by molar-refractivity contribution is 9.09.